The van der Waals surface area contributed by atoms with Gasteiger partial charge in [-0.05, 0) is 46.2 Å². The number of carbonyl (C=O) groups is 2. The fraction of sp³-hybridized carbons (Fsp3) is 0.857. The van der Waals surface area contributed by atoms with E-state index in [1.807, 2.05) is 25.7 Å². The number of likely N-dealkylation sites (tertiary alicyclic amines) is 1. The molecule has 1 fully saturated rings. The number of rotatable bonds is 6. The third-order valence-electron chi connectivity index (χ3n) is 4.42. The highest BCUT2D eigenvalue weighted by Gasteiger charge is 2.40. The van der Waals surface area contributed by atoms with Crippen LogP contribution >= 0.6 is 0 Å². The fourth-order valence-corrected chi connectivity index (χ4v) is 2.73. The van der Waals surface area contributed by atoms with Crippen molar-refractivity contribution < 1.29 is 14.7 Å². The molecule has 0 aromatic rings. The van der Waals surface area contributed by atoms with Gasteiger partial charge in [-0.3, -0.25) is 14.5 Å². The van der Waals surface area contributed by atoms with Crippen LogP contribution < -0.4 is 0 Å². The van der Waals surface area contributed by atoms with Crippen LogP contribution in [0.5, 0.6) is 0 Å². The molecule has 5 heteroatoms. The van der Waals surface area contributed by atoms with E-state index < -0.39 is 11.4 Å². The molecule has 0 aromatic carbocycles. The summed E-state index contributed by atoms with van der Waals surface area (Å²) < 4.78 is 0. The molecule has 0 spiro atoms. The lowest BCUT2D eigenvalue weighted by atomic mass is 9.76. The SMILES string of the molecule is CCN(CC)C(=O)CN1CCC(CC)(C(=O)O)CC1. The van der Waals surface area contributed by atoms with Gasteiger partial charge in [-0.2, -0.15) is 0 Å². The maximum atomic E-state index is 12.0. The van der Waals surface area contributed by atoms with Crippen LogP contribution in [0.25, 0.3) is 0 Å². The normalized spacial score (nSPS) is 19.1. The third-order valence-corrected chi connectivity index (χ3v) is 4.42. The van der Waals surface area contributed by atoms with Crippen LogP contribution in [0, 0.1) is 5.41 Å². The van der Waals surface area contributed by atoms with E-state index in [1.54, 1.807) is 0 Å². The topological polar surface area (TPSA) is 60.9 Å². The summed E-state index contributed by atoms with van der Waals surface area (Å²) in [7, 11) is 0. The first-order valence-electron chi connectivity index (χ1n) is 7.22. The van der Waals surface area contributed by atoms with E-state index in [4.69, 9.17) is 0 Å². The van der Waals surface area contributed by atoms with Crippen LogP contribution in [0.1, 0.15) is 40.0 Å². The second-order valence-electron chi connectivity index (χ2n) is 5.28. The molecule has 19 heavy (non-hydrogen) atoms. The second-order valence-corrected chi connectivity index (χ2v) is 5.28. The van der Waals surface area contributed by atoms with Crippen LogP contribution in [0.2, 0.25) is 0 Å². The zero-order valence-corrected chi connectivity index (χ0v) is 12.3. The molecule has 0 aliphatic carbocycles. The van der Waals surface area contributed by atoms with E-state index in [2.05, 4.69) is 4.90 Å². The van der Waals surface area contributed by atoms with Gasteiger partial charge < -0.3 is 10.0 Å². The Bertz CT molecular complexity index is 319. The van der Waals surface area contributed by atoms with E-state index >= 15 is 0 Å². The average molecular weight is 270 g/mol. The molecule has 0 atom stereocenters. The predicted molar refractivity (Wildman–Crippen MR) is 74.0 cm³/mol. The van der Waals surface area contributed by atoms with Crippen LogP contribution in [0.15, 0.2) is 0 Å². The summed E-state index contributed by atoms with van der Waals surface area (Å²) in [5.74, 6) is -0.547. The van der Waals surface area contributed by atoms with Crippen LogP contribution in [-0.4, -0.2) is 59.5 Å². The molecule has 0 unspecified atom stereocenters. The number of carbonyl (C=O) groups excluding carboxylic acids is 1. The Morgan fingerprint density at radius 3 is 2.05 bits per heavy atom. The predicted octanol–water partition coefficient (Wildman–Crippen LogP) is 1.43. The molecule has 110 valence electrons. The first-order chi connectivity index (χ1) is 8.99. The Labute approximate surface area is 115 Å². The molecule has 1 amide bonds. The van der Waals surface area contributed by atoms with Gasteiger partial charge in [-0.1, -0.05) is 6.92 Å². The van der Waals surface area contributed by atoms with Crippen molar-refractivity contribution in [1.29, 1.82) is 0 Å². The highest BCUT2D eigenvalue weighted by atomic mass is 16.4. The summed E-state index contributed by atoms with van der Waals surface area (Å²) in [4.78, 5) is 27.2. The number of likely N-dealkylation sites (N-methyl/N-ethyl adjacent to an activating group) is 1. The molecular formula is C14H26N2O3. The van der Waals surface area contributed by atoms with Gasteiger partial charge in [0.15, 0.2) is 0 Å². The number of hydrogen-bond acceptors (Lipinski definition) is 3. The van der Waals surface area contributed by atoms with Crippen molar-refractivity contribution in [3.05, 3.63) is 0 Å². The standard InChI is InChI=1S/C14H26N2O3/c1-4-14(13(18)19)7-9-15(10-8-14)11-12(17)16(5-2)6-3/h4-11H2,1-3H3,(H,18,19). The van der Waals surface area contributed by atoms with Crippen LogP contribution in [0.3, 0.4) is 0 Å². The average Bonchev–Trinajstić information content (AvgIpc) is 2.41. The summed E-state index contributed by atoms with van der Waals surface area (Å²) in [5, 5.41) is 9.33. The van der Waals surface area contributed by atoms with E-state index in [0.29, 0.717) is 38.9 Å². The van der Waals surface area contributed by atoms with E-state index in [1.165, 1.54) is 0 Å². The Morgan fingerprint density at radius 2 is 1.68 bits per heavy atom. The maximum Gasteiger partial charge on any atom is 0.309 e. The minimum atomic E-state index is -0.690. The van der Waals surface area contributed by atoms with Gasteiger partial charge in [0.2, 0.25) is 5.91 Å². The molecule has 1 aliphatic heterocycles. The summed E-state index contributed by atoms with van der Waals surface area (Å²) in [6.45, 7) is 9.18. The number of carboxylic acid groups (broad SMARTS) is 1. The molecular weight excluding hydrogens is 244 g/mol. The van der Waals surface area contributed by atoms with Crippen molar-refractivity contribution in [1.82, 2.24) is 9.80 Å². The summed E-state index contributed by atoms with van der Waals surface area (Å²) in [6.07, 6.45) is 1.95. The molecule has 1 aliphatic rings. The smallest absolute Gasteiger partial charge is 0.309 e. The first kappa shape index (κ1) is 16.0. The second kappa shape index (κ2) is 6.89. The fourth-order valence-electron chi connectivity index (χ4n) is 2.73. The van der Waals surface area contributed by atoms with E-state index in [0.717, 1.165) is 13.1 Å². The molecule has 1 heterocycles. The number of carboxylic acids is 1. The Hall–Kier alpha value is -1.10. The van der Waals surface area contributed by atoms with Crippen LogP contribution in [0.4, 0.5) is 0 Å². The Morgan fingerprint density at radius 1 is 1.16 bits per heavy atom. The zero-order valence-electron chi connectivity index (χ0n) is 12.3. The Kier molecular flexibility index (Phi) is 5.79. The van der Waals surface area contributed by atoms with Crippen molar-refractivity contribution in [3.63, 3.8) is 0 Å². The van der Waals surface area contributed by atoms with Crippen molar-refractivity contribution in [3.8, 4) is 0 Å². The van der Waals surface area contributed by atoms with Gasteiger partial charge in [0.25, 0.3) is 0 Å². The quantitative estimate of drug-likeness (QED) is 0.793. The molecule has 0 bridgehead atoms. The Balaban J connectivity index is 2.50. The molecule has 0 radical (unpaired) electrons. The van der Waals surface area contributed by atoms with Crippen molar-refractivity contribution in [2.45, 2.75) is 40.0 Å². The van der Waals surface area contributed by atoms with Crippen molar-refractivity contribution in [2.24, 2.45) is 5.41 Å². The molecule has 5 nitrogen and oxygen atoms in total. The molecule has 0 aromatic heterocycles. The molecule has 0 saturated carbocycles. The first-order valence-corrected chi connectivity index (χ1v) is 7.22. The summed E-state index contributed by atoms with van der Waals surface area (Å²) in [6, 6.07) is 0. The van der Waals surface area contributed by atoms with Gasteiger partial charge >= 0.3 is 5.97 Å². The van der Waals surface area contributed by atoms with E-state index in [-0.39, 0.29) is 5.91 Å². The van der Waals surface area contributed by atoms with Crippen molar-refractivity contribution in [2.75, 3.05) is 32.7 Å². The number of amides is 1. The third kappa shape index (κ3) is 3.69. The number of piperidine rings is 1. The minimum Gasteiger partial charge on any atom is -0.481 e. The largest absolute Gasteiger partial charge is 0.481 e. The van der Waals surface area contributed by atoms with Gasteiger partial charge in [0.05, 0.1) is 12.0 Å². The molecule has 1 saturated heterocycles. The monoisotopic (exact) mass is 270 g/mol. The lowest BCUT2D eigenvalue weighted by Crippen LogP contribution is -2.48. The van der Waals surface area contributed by atoms with Crippen LogP contribution in [-0.2, 0) is 9.59 Å². The number of hydrogen-bond donors (Lipinski definition) is 1. The zero-order chi connectivity index (χ0) is 14.5. The lowest BCUT2D eigenvalue weighted by Gasteiger charge is -2.38. The van der Waals surface area contributed by atoms with Gasteiger partial charge in [0, 0.05) is 13.1 Å². The van der Waals surface area contributed by atoms with Crippen molar-refractivity contribution >= 4 is 11.9 Å². The van der Waals surface area contributed by atoms with Gasteiger partial charge in [-0.25, -0.2) is 0 Å². The summed E-state index contributed by atoms with van der Waals surface area (Å²) >= 11 is 0. The number of aliphatic carboxylic acids is 1. The highest BCUT2D eigenvalue weighted by Crippen LogP contribution is 2.34. The van der Waals surface area contributed by atoms with E-state index in [9.17, 15) is 14.7 Å². The molecule has 1 N–H and O–H groups in total. The van der Waals surface area contributed by atoms with Gasteiger partial charge in [-0.15, -0.1) is 0 Å². The highest BCUT2D eigenvalue weighted by molar-refractivity contribution is 5.78. The lowest BCUT2D eigenvalue weighted by molar-refractivity contribution is -0.152. The minimum absolute atomic E-state index is 0.143. The molecule has 1 rings (SSSR count). The number of nitrogens with zero attached hydrogens (tertiary/aromatic N) is 2. The summed E-state index contributed by atoms with van der Waals surface area (Å²) in [5.41, 5.74) is -0.575. The maximum absolute atomic E-state index is 12.0. The van der Waals surface area contributed by atoms with Gasteiger partial charge in [0.1, 0.15) is 0 Å².